The second-order valence-electron chi connectivity index (χ2n) is 7.08. The predicted octanol–water partition coefficient (Wildman–Crippen LogP) is 2.01. The van der Waals surface area contributed by atoms with Crippen molar-refractivity contribution in [2.75, 3.05) is 31.3 Å². The van der Waals surface area contributed by atoms with Crippen molar-refractivity contribution < 1.29 is 4.79 Å². The minimum absolute atomic E-state index is 0.0689. The van der Waals surface area contributed by atoms with Gasteiger partial charge in [-0.15, -0.1) is 0 Å². The van der Waals surface area contributed by atoms with Crippen LogP contribution in [0.4, 0.5) is 17.5 Å². The quantitative estimate of drug-likeness (QED) is 0.590. The molecular weight excluding hydrogens is 368 g/mol. The van der Waals surface area contributed by atoms with Crippen molar-refractivity contribution in [3.05, 3.63) is 48.3 Å². The standard InChI is InChI=1S/C20H24N8O/c1-12-6-5-7-16(23-12)25-17-10-18(21-3)28-19(26-17)14(11-22-28)13(2)24-15-8-9-27(4)20(15)29/h5-7,10-11,15,21,24H,2,8-9H2,1,3-4H3,(H,23,25,26)/t15-/m0/s1. The van der Waals surface area contributed by atoms with E-state index in [9.17, 15) is 4.79 Å². The minimum atomic E-state index is -0.274. The van der Waals surface area contributed by atoms with Crippen LogP contribution in [0.3, 0.4) is 0 Å². The van der Waals surface area contributed by atoms with Crippen LogP contribution in [0.1, 0.15) is 17.7 Å². The van der Waals surface area contributed by atoms with Gasteiger partial charge in [0.25, 0.3) is 0 Å². The van der Waals surface area contributed by atoms with E-state index >= 15 is 0 Å². The van der Waals surface area contributed by atoms with Crippen molar-refractivity contribution in [1.29, 1.82) is 0 Å². The molecule has 9 nitrogen and oxygen atoms in total. The Morgan fingerprint density at radius 1 is 1.28 bits per heavy atom. The van der Waals surface area contributed by atoms with Crippen LogP contribution in [-0.4, -0.2) is 57.1 Å². The largest absolute Gasteiger partial charge is 0.373 e. The Kier molecular flexibility index (Phi) is 4.79. The number of anilines is 3. The molecule has 1 atom stereocenters. The number of pyridine rings is 1. The molecular formula is C20H24N8O. The summed E-state index contributed by atoms with van der Waals surface area (Å²) in [5.41, 5.74) is 2.90. The van der Waals surface area contributed by atoms with E-state index in [4.69, 9.17) is 4.98 Å². The van der Waals surface area contributed by atoms with Gasteiger partial charge in [-0.2, -0.15) is 9.61 Å². The molecule has 1 aliphatic rings. The lowest BCUT2D eigenvalue weighted by Gasteiger charge is -2.15. The summed E-state index contributed by atoms with van der Waals surface area (Å²) in [7, 11) is 3.63. The fraction of sp³-hybridized carbons (Fsp3) is 0.300. The molecule has 3 aromatic heterocycles. The third kappa shape index (κ3) is 3.58. The number of amides is 1. The molecule has 4 rings (SSSR count). The van der Waals surface area contributed by atoms with E-state index in [1.54, 1.807) is 22.7 Å². The van der Waals surface area contributed by atoms with Crippen molar-refractivity contribution in [2.24, 2.45) is 0 Å². The second-order valence-corrected chi connectivity index (χ2v) is 7.08. The van der Waals surface area contributed by atoms with Crippen LogP contribution < -0.4 is 16.0 Å². The fourth-order valence-electron chi connectivity index (χ4n) is 3.41. The molecule has 0 radical (unpaired) electrons. The molecule has 1 saturated heterocycles. The van der Waals surface area contributed by atoms with Crippen molar-refractivity contribution >= 4 is 34.7 Å². The highest BCUT2D eigenvalue weighted by Gasteiger charge is 2.29. The maximum atomic E-state index is 12.2. The zero-order chi connectivity index (χ0) is 20.5. The normalized spacial score (nSPS) is 16.3. The highest BCUT2D eigenvalue weighted by Crippen LogP contribution is 2.24. The molecule has 0 saturated carbocycles. The average molecular weight is 392 g/mol. The zero-order valence-electron chi connectivity index (χ0n) is 16.7. The number of likely N-dealkylation sites (tertiary alicyclic amines) is 1. The number of hydrogen-bond acceptors (Lipinski definition) is 7. The van der Waals surface area contributed by atoms with Crippen LogP contribution in [0, 0.1) is 6.92 Å². The first-order chi connectivity index (χ1) is 14.0. The summed E-state index contributed by atoms with van der Waals surface area (Å²) in [6.45, 7) is 6.79. The highest BCUT2D eigenvalue weighted by atomic mass is 16.2. The number of aryl methyl sites for hydroxylation is 1. The molecule has 1 aliphatic heterocycles. The van der Waals surface area contributed by atoms with E-state index in [2.05, 4.69) is 32.6 Å². The predicted molar refractivity (Wildman–Crippen MR) is 113 cm³/mol. The number of fused-ring (bicyclic) bond motifs is 1. The van der Waals surface area contributed by atoms with Crippen LogP contribution in [0.15, 0.2) is 37.0 Å². The van der Waals surface area contributed by atoms with Gasteiger partial charge in [-0.3, -0.25) is 4.79 Å². The van der Waals surface area contributed by atoms with Crippen LogP contribution in [0.25, 0.3) is 11.3 Å². The van der Waals surface area contributed by atoms with Gasteiger partial charge in [-0.05, 0) is 25.5 Å². The average Bonchev–Trinajstić information content (AvgIpc) is 3.26. The van der Waals surface area contributed by atoms with Crippen LogP contribution in [0.2, 0.25) is 0 Å². The lowest BCUT2D eigenvalue weighted by atomic mass is 10.2. The third-order valence-corrected chi connectivity index (χ3v) is 4.97. The number of carbonyl (C=O) groups excluding carboxylic acids is 1. The Morgan fingerprint density at radius 2 is 2.10 bits per heavy atom. The lowest BCUT2D eigenvalue weighted by molar-refractivity contribution is -0.128. The van der Waals surface area contributed by atoms with Crippen molar-refractivity contribution in [3.8, 4) is 0 Å². The van der Waals surface area contributed by atoms with Gasteiger partial charge in [0.1, 0.15) is 23.5 Å². The number of likely N-dealkylation sites (N-methyl/N-ethyl adjacent to an activating group) is 1. The summed E-state index contributed by atoms with van der Waals surface area (Å²) in [6.07, 6.45) is 2.45. The summed E-state index contributed by atoms with van der Waals surface area (Å²) in [5, 5.41) is 14.0. The summed E-state index contributed by atoms with van der Waals surface area (Å²) in [5.74, 6) is 2.17. The Labute approximate surface area is 168 Å². The van der Waals surface area contributed by atoms with E-state index in [1.807, 2.05) is 38.2 Å². The highest BCUT2D eigenvalue weighted by molar-refractivity contribution is 5.86. The van der Waals surface area contributed by atoms with Gasteiger partial charge in [-0.1, -0.05) is 12.6 Å². The molecule has 1 amide bonds. The first kappa shape index (κ1) is 18.7. The molecule has 9 heteroatoms. The Hall–Kier alpha value is -3.62. The van der Waals surface area contributed by atoms with Gasteiger partial charge in [0.15, 0.2) is 5.65 Å². The first-order valence-corrected chi connectivity index (χ1v) is 9.44. The summed E-state index contributed by atoms with van der Waals surface area (Å²) in [4.78, 5) is 23.1. The molecule has 0 unspecified atom stereocenters. The number of nitrogens with one attached hydrogen (secondary N) is 3. The van der Waals surface area contributed by atoms with Gasteiger partial charge >= 0.3 is 0 Å². The van der Waals surface area contributed by atoms with Gasteiger partial charge in [0.05, 0.1) is 11.8 Å². The van der Waals surface area contributed by atoms with Crippen molar-refractivity contribution in [2.45, 2.75) is 19.4 Å². The number of carbonyl (C=O) groups is 1. The maximum absolute atomic E-state index is 12.2. The van der Waals surface area contributed by atoms with Crippen LogP contribution in [-0.2, 0) is 4.79 Å². The molecule has 4 heterocycles. The second kappa shape index (κ2) is 7.42. The minimum Gasteiger partial charge on any atom is -0.373 e. The van der Waals surface area contributed by atoms with Crippen LogP contribution >= 0.6 is 0 Å². The summed E-state index contributed by atoms with van der Waals surface area (Å²) in [6, 6.07) is 7.35. The molecule has 3 aromatic rings. The number of hydrogen-bond donors (Lipinski definition) is 3. The van der Waals surface area contributed by atoms with E-state index in [1.165, 1.54) is 0 Å². The topological polar surface area (TPSA) is 99.5 Å². The van der Waals surface area contributed by atoms with E-state index in [0.717, 1.165) is 30.0 Å². The molecule has 29 heavy (non-hydrogen) atoms. The number of rotatable bonds is 6. The van der Waals surface area contributed by atoms with Crippen molar-refractivity contribution in [3.63, 3.8) is 0 Å². The summed E-state index contributed by atoms with van der Waals surface area (Å²) >= 11 is 0. The van der Waals surface area contributed by atoms with Crippen LogP contribution in [0.5, 0.6) is 0 Å². The molecule has 3 N–H and O–H groups in total. The van der Waals surface area contributed by atoms with Gasteiger partial charge in [0, 0.05) is 38.1 Å². The van der Waals surface area contributed by atoms with E-state index in [0.29, 0.717) is 23.0 Å². The number of nitrogens with zero attached hydrogens (tertiary/aromatic N) is 5. The third-order valence-electron chi connectivity index (χ3n) is 4.97. The van der Waals surface area contributed by atoms with Gasteiger partial charge < -0.3 is 20.9 Å². The smallest absolute Gasteiger partial charge is 0.244 e. The first-order valence-electron chi connectivity index (χ1n) is 9.44. The van der Waals surface area contributed by atoms with Gasteiger partial charge in [-0.25, -0.2) is 9.97 Å². The molecule has 0 aromatic carbocycles. The molecule has 0 bridgehead atoms. The molecule has 0 aliphatic carbocycles. The maximum Gasteiger partial charge on any atom is 0.244 e. The molecule has 0 spiro atoms. The van der Waals surface area contributed by atoms with Gasteiger partial charge in [0.2, 0.25) is 5.91 Å². The molecule has 150 valence electrons. The van der Waals surface area contributed by atoms with E-state index < -0.39 is 0 Å². The van der Waals surface area contributed by atoms with Crippen molar-refractivity contribution in [1.82, 2.24) is 29.8 Å². The van der Waals surface area contributed by atoms with E-state index in [-0.39, 0.29) is 11.9 Å². The monoisotopic (exact) mass is 392 g/mol. The fourth-order valence-corrected chi connectivity index (χ4v) is 3.41. The zero-order valence-corrected chi connectivity index (χ0v) is 16.7. The SMILES string of the molecule is C=C(N[C@H]1CCN(C)C1=O)c1cnn2c(NC)cc(Nc3cccc(C)n3)nc12. The Morgan fingerprint density at radius 3 is 2.79 bits per heavy atom. The molecule has 1 fully saturated rings. The Balaban J connectivity index is 1.66. The Bertz CT molecular complexity index is 1090. The number of aromatic nitrogens is 4. The summed E-state index contributed by atoms with van der Waals surface area (Å²) < 4.78 is 1.71. The lowest BCUT2D eigenvalue weighted by Crippen LogP contribution is -2.35.